The van der Waals surface area contributed by atoms with Crippen molar-refractivity contribution in [3.8, 4) is 0 Å². The van der Waals surface area contributed by atoms with Gasteiger partial charge in [0.15, 0.2) is 0 Å². The Bertz CT molecular complexity index is 1150. The van der Waals surface area contributed by atoms with Crippen molar-refractivity contribution in [1.29, 1.82) is 0 Å². The smallest absolute Gasteiger partial charge is 0.275 e. The molecule has 1 aliphatic heterocycles. The van der Waals surface area contributed by atoms with E-state index in [1.807, 2.05) is 13.8 Å². The highest BCUT2D eigenvalue weighted by atomic mass is 16.6. The number of nitrogens with two attached hydrogens (primary N) is 1. The molecule has 4 atom stereocenters. The van der Waals surface area contributed by atoms with Gasteiger partial charge < -0.3 is 30.0 Å². The number of nitrogens with zero attached hydrogens (tertiary/aromatic N) is 4. The summed E-state index contributed by atoms with van der Waals surface area (Å²) in [4.78, 5) is 19.6. The number of hydrogen-bond donors (Lipinski definition) is 3. The van der Waals surface area contributed by atoms with Crippen molar-refractivity contribution in [2.24, 2.45) is 5.92 Å². The van der Waals surface area contributed by atoms with E-state index in [9.17, 15) is 20.3 Å². The second-order valence-electron chi connectivity index (χ2n) is 8.43. The zero-order valence-electron chi connectivity index (χ0n) is 18.4. The van der Waals surface area contributed by atoms with Crippen molar-refractivity contribution in [1.82, 2.24) is 14.5 Å². The summed E-state index contributed by atoms with van der Waals surface area (Å²) in [5.74, 6) is 0.230. The SMILES string of the molecule is CC(C)C(OCc1cn([C@H]2CC(O)[C@@H](CO)O2)c2ncnc(N)c12)c1ccccc1[N+](=O)[O-]. The molecule has 4 N–H and O–H groups in total. The number of anilines is 1. The van der Waals surface area contributed by atoms with Gasteiger partial charge in [-0.1, -0.05) is 26.0 Å². The number of nitro benzene ring substituents is 1. The maximum atomic E-state index is 11.5. The van der Waals surface area contributed by atoms with Crippen LogP contribution < -0.4 is 5.73 Å². The molecule has 176 valence electrons. The molecular weight excluding hydrogens is 430 g/mol. The molecule has 0 amide bonds. The first-order valence-electron chi connectivity index (χ1n) is 10.7. The van der Waals surface area contributed by atoms with E-state index in [1.165, 1.54) is 12.4 Å². The van der Waals surface area contributed by atoms with E-state index in [0.29, 0.717) is 22.2 Å². The van der Waals surface area contributed by atoms with Crippen LogP contribution in [0, 0.1) is 16.0 Å². The highest BCUT2D eigenvalue weighted by molar-refractivity contribution is 5.89. The molecule has 3 aromatic rings. The van der Waals surface area contributed by atoms with Crippen LogP contribution in [0.15, 0.2) is 36.8 Å². The van der Waals surface area contributed by atoms with Crippen molar-refractivity contribution in [2.45, 2.75) is 51.4 Å². The molecule has 0 radical (unpaired) electrons. The van der Waals surface area contributed by atoms with E-state index >= 15 is 0 Å². The molecule has 4 rings (SSSR count). The third-order valence-corrected chi connectivity index (χ3v) is 5.88. The van der Waals surface area contributed by atoms with Gasteiger partial charge in [0, 0.05) is 24.2 Å². The molecule has 0 aliphatic carbocycles. The number of nitro groups is 1. The van der Waals surface area contributed by atoms with Crippen molar-refractivity contribution in [3.63, 3.8) is 0 Å². The Balaban J connectivity index is 1.67. The minimum atomic E-state index is -0.805. The Hall–Kier alpha value is -3.12. The summed E-state index contributed by atoms with van der Waals surface area (Å²) in [6.07, 6.45) is 0.847. The summed E-state index contributed by atoms with van der Waals surface area (Å²) in [5, 5.41) is 31.7. The van der Waals surface area contributed by atoms with E-state index in [1.54, 1.807) is 29.0 Å². The van der Waals surface area contributed by atoms with E-state index in [0.717, 1.165) is 0 Å². The van der Waals surface area contributed by atoms with Crippen LogP contribution in [-0.2, 0) is 16.1 Å². The number of nitrogen functional groups attached to an aromatic ring is 1. The van der Waals surface area contributed by atoms with Crippen LogP contribution >= 0.6 is 0 Å². The maximum absolute atomic E-state index is 11.5. The van der Waals surface area contributed by atoms with Crippen molar-refractivity contribution >= 4 is 22.5 Å². The number of hydrogen-bond acceptors (Lipinski definition) is 9. The molecule has 11 nitrogen and oxygen atoms in total. The van der Waals surface area contributed by atoms with Crippen LogP contribution in [0.4, 0.5) is 11.5 Å². The van der Waals surface area contributed by atoms with Crippen LogP contribution in [0.1, 0.15) is 43.7 Å². The fraction of sp³-hybridized carbons (Fsp3) is 0.455. The number of aliphatic hydroxyl groups is 2. The highest BCUT2D eigenvalue weighted by Gasteiger charge is 2.36. The molecule has 0 saturated carbocycles. The van der Waals surface area contributed by atoms with Gasteiger partial charge in [0.05, 0.1) is 41.3 Å². The molecule has 1 aromatic carbocycles. The molecule has 2 unspecified atom stereocenters. The predicted octanol–water partition coefficient (Wildman–Crippen LogP) is 2.48. The van der Waals surface area contributed by atoms with Gasteiger partial charge in [-0.3, -0.25) is 10.1 Å². The van der Waals surface area contributed by atoms with Gasteiger partial charge in [-0.25, -0.2) is 9.97 Å². The molecule has 0 bridgehead atoms. The zero-order valence-corrected chi connectivity index (χ0v) is 18.4. The first-order valence-corrected chi connectivity index (χ1v) is 10.7. The van der Waals surface area contributed by atoms with Gasteiger partial charge in [0.2, 0.25) is 0 Å². The first-order chi connectivity index (χ1) is 15.8. The van der Waals surface area contributed by atoms with Gasteiger partial charge in [-0.05, 0) is 12.0 Å². The minimum absolute atomic E-state index is 0.00450. The monoisotopic (exact) mass is 457 g/mol. The number of aliphatic hydroxyl groups excluding tert-OH is 2. The number of benzene rings is 1. The van der Waals surface area contributed by atoms with E-state index in [4.69, 9.17) is 15.2 Å². The topological polar surface area (TPSA) is 159 Å². The summed E-state index contributed by atoms with van der Waals surface area (Å²) < 4.78 is 13.8. The van der Waals surface area contributed by atoms with Crippen LogP contribution in [0.5, 0.6) is 0 Å². The number of fused-ring (bicyclic) bond motifs is 1. The lowest BCUT2D eigenvalue weighted by Gasteiger charge is -2.22. The first kappa shape index (κ1) is 23.1. The van der Waals surface area contributed by atoms with Crippen LogP contribution in [0.2, 0.25) is 0 Å². The fourth-order valence-electron chi connectivity index (χ4n) is 4.28. The van der Waals surface area contributed by atoms with Crippen molar-refractivity contribution < 1.29 is 24.6 Å². The molecule has 1 fully saturated rings. The summed E-state index contributed by atoms with van der Waals surface area (Å²) in [6.45, 7) is 3.68. The molecule has 33 heavy (non-hydrogen) atoms. The van der Waals surface area contributed by atoms with Gasteiger partial charge in [-0.2, -0.15) is 0 Å². The second-order valence-corrected chi connectivity index (χ2v) is 8.43. The Morgan fingerprint density at radius 2 is 2.12 bits per heavy atom. The van der Waals surface area contributed by atoms with Gasteiger partial charge in [-0.15, -0.1) is 0 Å². The number of para-hydroxylation sites is 1. The third kappa shape index (κ3) is 4.40. The average molecular weight is 457 g/mol. The maximum Gasteiger partial charge on any atom is 0.275 e. The summed E-state index contributed by atoms with van der Waals surface area (Å²) in [6, 6.07) is 6.54. The fourth-order valence-corrected chi connectivity index (χ4v) is 4.28. The lowest BCUT2D eigenvalue weighted by atomic mass is 9.97. The standard InChI is InChI=1S/C22H27N5O6/c1-12(2)20(14-5-3-4-6-15(14)27(30)31)32-10-13-8-26(18-7-16(29)17(9-28)33-18)22-19(13)21(23)24-11-25-22/h3-6,8,11-12,16-18,20,28-29H,7,9-10H2,1-2H3,(H2,23,24,25)/t16?,17-,18-,20?/m1/s1. The lowest BCUT2D eigenvalue weighted by Crippen LogP contribution is -2.24. The van der Waals surface area contributed by atoms with Crippen molar-refractivity contribution in [3.05, 3.63) is 58.0 Å². The quantitative estimate of drug-likeness (QED) is 0.341. The Labute approximate surface area is 189 Å². The highest BCUT2D eigenvalue weighted by Crippen LogP contribution is 2.37. The third-order valence-electron chi connectivity index (χ3n) is 5.88. The van der Waals surface area contributed by atoms with E-state index in [2.05, 4.69) is 9.97 Å². The number of aromatic nitrogens is 3. The van der Waals surface area contributed by atoms with Crippen LogP contribution in [0.25, 0.3) is 11.0 Å². The normalized spacial score (nSPS) is 21.7. The van der Waals surface area contributed by atoms with Crippen molar-refractivity contribution in [2.75, 3.05) is 12.3 Å². The molecule has 1 saturated heterocycles. The Kier molecular flexibility index (Phi) is 6.56. The molecular formula is C22H27N5O6. The minimum Gasteiger partial charge on any atom is -0.394 e. The number of ether oxygens (including phenoxy) is 2. The van der Waals surface area contributed by atoms with Gasteiger partial charge in [0.1, 0.15) is 30.1 Å². The molecule has 2 aromatic heterocycles. The summed E-state index contributed by atoms with van der Waals surface area (Å²) >= 11 is 0. The molecule has 11 heteroatoms. The zero-order chi connectivity index (χ0) is 23.7. The summed E-state index contributed by atoms with van der Waals surface area (Å²) in [5.41, 5.74) is 7.86. The lowest BCUT2D eigenvalue weighted by molar-refractivity contribution is -0.386. The predicted molar refractivity (Wildman–Crippen MR) is 119 cm³/mol. The van der Waals surface area contributed by atoms with Crippen LogP contribution in [-0.4, -0.2) is 48.5 Å². The van der Waals surface area contributed by atoms with Gasteiger partial charge >= 0.3 is 0 Å². The van der Waals surface area contributed by atoms with E-state index in [-0.39, 0.29) is 37.1 Å². The molecule has 0 spiro atoms. The van der Waals surface area contributed by atoms with Gasteiger partial charge in [0.25, 0.3) is 5.69 Å². The average Bonchev–Trinajstić information content (AvgIpc) is 3.34. The Morgan fingerprint density at radius 1 is 1.36 bits per heavy atom. The van der Waals surface area contributed by atoms with Crippen LogP contribution in [0.3, 0.4) is 0 Å². The van der Waals surface area contributed by atoms with E-state index < -0.39 is 29.5 Å². The molecule has 3 heterocycles. The Morgan fingerprint density at radius 3 is 2.79 bits per heavy atom. The summed E-state index contributed by atoms with van der Waals surface area (Å²) in [7, 11) is 0. The largest absolute Gasteiger partial charge is 0.394 e. The molecule has 1 aliphatic rings. The second kappa shape index (κ2) is 9.40. The number of rotatable bonds is 8.